The van der Waals surface area contributed by atoms with E-state index in [1.165, 1.54) is 13.1 Å². The maximum absolute atomic E-state index is 11.6. The molecule has 94 valence electrons. The van der Waals surface area contributed by atoms with Gasteiger partial charge in [0.15, 0.2) is 0 Å². The Balaban J connectivity index is 2.98. The molecule has 5 nitrogen and oxygen atoms in total. The molecule has 0 aliphatic heterocycles. The highest BCUT2D eigenvalue weighted by molar-refractivity contribution is 7.93. The number of carbonyl (C=O) groups is 1. The lowest BCUT2D eigenvalue weighted by atomic mass is 10.2. The molecule has 0 saturated heterocycles. The minimum absolute atomic E-state index is 0.254. The third-order valence-electron chi connectivity index (χ3n) is 2.23. The van der Waals surface area contributed by atoms with E-state index in [1.54, 1.807) is 32.0 Å². The van der Waals surface area contributed by atoms with Crippen molar-refractivity contribution in [3.8, 4) is 0 Å². The monoisotopic (exact) mass is 256 g/mol. The summed E-state index contributed by atoms with van der Waals surface area (Å²) in [6.45, 7) is 3.18. The molecule has 6 heteroatoms. The second-order valence-corrected chi connectivity index (χ2v) is 6.09. The minimum Gasteiger partial charge on any atom is -0.355 e. The van der Waals surface area contributed by atoms with E-state index < -0.39 is 15.3 Å². The predicted octanol–water partition coefficient (Wildman–Crippen LogP) is 1.20. The van der Waals surface area contributed by atoms with Gasteiger partial charge in [0, 0.05) is 18.3 Å². The van der Waals surface area contributed by atoms with Crippen molar-refractivity contribution in [2.75, 3.05) is 11.8 Å². The molecule has 0 unspecified atom stereocenters. The fourth-order valence-electron chi connectivity index (χ4n) is 1.15. The van der Waals surface area contributed by atoms with Crippen molar-refractivity contribution in [3.63, 3.8) is 0 Å². The molecule has 17 heavy (non-hydrogen) atoms. The van der Waals surface area contributed by atoms with Crippen LogP contribution in [0.5, 0.6) is 0 Å². The first kappa shape index (κ1) is 13.5. The van der Waals surface area contributed by atoms with Crippen LogP contribution in [0.1, 0.15) is 24.2 Å². The van der Waals surface area contributed by atoms with Crippen molar-refractivity contribution < 1.29 is 13.2 Å². The van der Waals surface area contributed by atoms with Gasteiger partial charge in [-0.25, -0.2) is 8.42 Å². The number of hydrogen-bond acceptors (Lipinski definition) is 3. The normalized spacial score (nSPS) is 11.3. The fourth-order valence-corrected chi connectivity index (χ4v) is 1.84. The van der Waals surface area contributed by atoms with Crippen LogP contribution in [0.25, 0.3) is 0 Å². The molecule has 0 heterocycles. The van der Waals surface area contributed by atoms with E-state index in [0.717, 1.165) is 0 Å². The van der Waals surface area contributed by atoms with Gasteiger partial charge in [0.05, 0.1) is 5.25 Å². The molecule has 1 aromatic rings. The average Bonchev–Trinajstić information content (AvgIpc) is 2.27. The highest BCUT2D eigenvalue weighted by Crippen LogP contribution is 2.14. The van der Waals surface area contributed by atoms with Gasteiger partial charge in [0.1, 0.15) is 0 Å². The van der Waals surface area contributed by atoms with Crippen molar-refractivity contribution in [1.29, 1.82) is 0 Å². The van der Waals surface area contributed by atoms with Crippen LogP contribution in [0, 0.1) is 0 Å². The number of nitrogens with one attached hydrogen (secondary N) is 2. The summed E-state index contributed by atoms with van der Waals surface area (Å²) in [5.74, 6) is -0.254. The van der Waals surface area contributed by atoms with Crippen LogP contribution in [-0.2, 0) is 10.0 Å². The maximum atomic E-state index is 11.6. The summed E-state index contributed by atoms with van der Waals surface area (Å²) in [5, 5.41) is 1.96. The fraction of sp³-hybridized carbons (Fsp3) is 0.364. The molecule has 0 atom stereocenters. The Hall–Kier alpha value is -1.56. The number of rotatable bonds is 4. The standard InChI is InChI=1S/C11H16N2O3S/c1-8(2)17(15,16)13-10-6-4-5-9(7-10)11(14)12-3/h4-8,13H,1-3H3,(H,12,14). The number of sulfonamides is 1. The Morgan fingerprint density at radius 3 is 2.47 bits per heavy atom. The first-order valence-electron chi connectivity index (χ1n) is 5.20. The molecule has 2 N–H and O–H groups in total. The summed E-state index contributed by atoms with van der Waals surface area (Å²) in [6, 6.07) is 6.35. The Bertz CT molecular complexity index is 509. The lowest BCUT2D eigenvalue weighted by Gasteiger charge is -2.11. The zero-order valence-corrected chi connectivity index (χ0v) is 10.8. The summed E-state index contributed by atoms with van der Waals surface area (Å²) in [4.78, 5) is 11.4. The Morgan fingerprint density at radius 1 is 1.29 bits per heavy atom. The molecule has 0 aliphatic rings. The van der Waals surface area contributed by atoms with E-state index in [9.17, 15) is 13.2 Å². The molecule has 1 rings (SSSR count). The third-order valence-corrected chi connectivity index (χ3v) is 3.99. The zero-order valence-electron chi connectivity index (χ0n) is 10.0. The Labute approximate surface area is 101 Å². The summed E-state index contributed by atoms with van der Waals surface area (Å²) < 4.78 is 25.7. The second kappa shape index (κ2) is 5.18. The molecule has 0 saturated carbocycles. The van der Waals surface area contributed by atoms with Gasteiger partial charge in [-0.15, -0.1) is 0 Å². The number of benzene rings is 1. The van der Waals surface area contributed by atoms with Crippen LogP contribution in [0.4, 0.5) is 5.69 Å². The van der Waals surface area contributed by atoms with Crippen LogP contribution in [0.2, 0.25) is 0 Å². The highest BCUT2D eigenvalue weighted by atomic mass is 32.2. The SMILES string of the molecule is CNC(=O)c1cccc(NS(=O)(=O)C(C)C)c1. The number of carbonyl (C=O) groups excluding carboxylic acids is 1. The van der Waals surface area contributed by atoms with Crippen LogP contribution in [0.3, 0.4) is 0 Å². The van der Waals surface area contributed by atoms with Gasteiger partial charge in [-0.05, 0) is 32.0 Å². The van der Waals surface area contributed by atoms with Crippen LogP contribution >= 0.6 is 0 Å². The summed E-state index contributed by atoms with van der Waals surface area (Å²) in [5.41, 5.74) is 0.802. The Kier molecular flexibility index (Phi) is 4.11. The lowest BCUT2D eigenvalue weighted by Crippen LogP contribution is -2.23. The van der Waals surface area contributed by atoms with E-state index in [4.69, 9.17) is 0 Å². The third kappa shape index (κ3) is 3.45. The van der Waals surface area contributed by atoms with Crippen LogP contribution in [0.15, 0.2) is 24.3 Å². The van der Waals surface area contributed by atoms with E-state index in [1.807, 2.05) is 0 Å². The molecule has 0 radical (unpaired) electrons. The number of anilines is 1. The zero-order chi connectivity index (χ0) is 13.1. The average molecular weight is 256 g/mol. The number of amides is 1. The van der Waals surface area contributed by atoms with E-state index in [0.29, 0.717) is 11.3 Å². The van der Waals surface area contributed by atoms with Crippen LogP contribution < -0.4 is 10.0 Å². The number of hydrogen-bond donors (Lipinski definition) is 2. The van der Waals surface area contributed by atoms with Crippen molar-refractivity contribution in [1.82, 2.24) is 5.32 Å². The summed E-state index contributed by atoms with van der Waals surface area (Å²) in [7, 11) is -1.86. The smallest absolute Gasteiger partial charge is 0.251 e. The van der Waals surface area contributed by atoms with Gasteiger partial charge < -0.3 is 5.32 Å². The first-order valence-corrected chi connectivity index (χ1v) is 6.75. The topological polar surface area (TPSA) is 75.3 Å². The van der Waals surface area contributed by atoms with Crippen LogP contribution in [-0.4, -0.2) is 26.6 Å². The van der Waals surface area contributed by atoms with Gasteiger partial charge in [0.2, 0.25) is 10.0 Å². The molecular formula is C11H16N2O3S. The predicted molar refractivity (Wildman–Crippen MR) is 67.5 cm³/mol. The van der Waals surface area contributed by atoms with Gasteiger partial charge in [-0.3, -0.25) is 9.52 Å². The molecule has 1 aromatic carbocycles. The molecule has 0 bridgehead atoms. The van der Waals surface area contributed by atoms with Crippen molar-refractivity contribution >= 4 is 21.6 Å². The largest absolute Gasteiger partial charge is 0.355 e. The highest BCUT2D eigenvalue weighted by Gasteiger charge is 2.15. The second-order valence-electron chi connectivity index (χ2n) is 3.86. The molecule has 0 spiro atoms. The van der Waals surface area contributed by atoms with Crippen molar-refractivity contribution in [2.24, 2.45) is 0 Å². The van der Waals surface area contributed by atoms with Gasteiger partial charge in [-0.2, -0.15) is 0 Å². The lowest BCUT2D eigenvalue weighted by molar-refractivity contribution is 0.0963. The molecule has 0 aliphatic carbocycles. The van der Waals surface area contributed by atoms with E-state index >= 15 is 0 Å². The molecule has 0 fully saturated rings. The Morgan fingerprint density at radius 2 is 1.94 bits per heavy atom. The van der Waals surface area contributed by atoms with E-state index in [-0.39, 0.29) is 5.91 Å². The van der Waals surface area contributed by atoms with Gasteiger partial charge in [0.25, 0.3) is 5.91 Å². The minimum atomic E-state index is -3.38. The summed E-state index contributed by atoms with van der Waals surface area (Å²) >= 11 is 0. The van der Waals surface area contributed by atoms with Gasteiger partial charge >= 0.3 is 0 Å². The van der Waals surface area contributed by atoms with E-state index in [2.05, 4.69) is 10.0 Å². The summed E-state index contributed by atoms with van der Waals surface area (Å²) in [6.07, 6.45) is 0. The van der Waals surface area contributed by atoms with Crippen molar-refractivity contribution in [3.05, 3.63) is 29.8 Å². The quantitative estimate of drug-likeness (QED) is 0.850. The first-order chi connectivity index (χ1) is 7.86. The van der Waals surface area contributed by atoms with Gasteiger partial charge in [-0.1, -0.05) is 6.07 Å². The molecule has 0 aromatic heterocycles. The molecule has 1 amide bonds. The van der Waals surface area contributed by atoms with Crippen molar-refractivity contribution in [2.45, 2.75) is 19.1 Å². The molecular weight excluding hydrogens is 240 g/mol. The maximum Gasteiger partial charge on any atom is 0.251 e.